The topological polar surface area (TPSA) is 84.2 Å². The molecule has 0 aliphatic heterocycles. The second-order valence-corrected chi connectivity index (χ2v) is 5.11. The average molecular weight is 297 g/mol. The second-order valence-electron chi connectivity index (χ2n) is 5.11. The molecule has 2 aromatic carbocycles. The molecule has 2 amide bonds. The standard InChI is InChI=1S/C17H19N3O2/c1-11-6-8-13(9-7-11)20-16(21)10-19-15-5-3-4-14(12(15)2)17(18)22/h3-9,19H,10H2,1-2H3,(H2,18,22)(H,20,21). The van der Waals surface area contributed by atoms with Crippen LogP contribution in [0.2, 0.25) is 0 Å². The van der Waals surface area contributed by atoms with E-state index in [0.29, 0.717) is 5.56 Å². The number of benzene rings is 2. The molecule has 0 aromatic heterocycles. The number of carbonyl (C=O) groups is 2. The zero-order valence-electron chi connectivity index (χ0n) is 12.6. The molecule has 0 aliphatic rings. The monoisotopic (exact) mass is 297 g/mol. The highest BCUT2D eigenvalue weighted by Gasteiger charge is 2.09. The Balaban J connectivity index is 1.98. The molecular formula is C17H19N3O2. The number of anilines is 2. The van der Waals surface area contributed by atoms with Crippen molar-refractivity contribution >= 4 is 23.2 Å². The van der Waals surface area contributed by atoms with Gasteiger partial charge in [-0.25, -0.2) is 0 Å². The van der Waals surface area contributed by atoms with Crippen LogP contribution >= 0.6 is 0 Å². The molecule has 5 heteroatoms. The Labute approximate surface area is 129 Å². The minimum atomic E-state index is -0.481. The minimum absolute atomic E-state index is 0.108. The van der Waals surface area contributed by atoms with Crippen LogP contribution in [-0.4, -0.2) is 18.4 Å². The highest BCUT2D eigenvalue weighted by molar-refractivity contribution is 5.97. The van der Waals surface area contributed by atoms with E-state index < -0.39 is 5.91 Å². The van der Waals surface area contributed by atoms with Crippen molar-refractivity contribution in [3.05, 3.63) is 59.2 Å². The maximum absolute atomic E-state index is 11.9. The highest BCUT2D eigenvalue weighted by Crippen LogP contribution is 2.18. The third kappa shape index (κ3) is 3.85. The van der Waals surface area contributed by atoms with Crippen molar-refractivity contribution < 1.29 is 9.59 Å². The predicted octanol–water partition coefficient (Wildman–Crippen LogP) is 2.45. The SMILES string of the molecule is Cc1ccc(NC(=O)CNc2cccc(C(N)=O)c2C)cc1. The van der Waals surface area contributed by atoms with Crippen molar-refractivity contribution in [3.8, 4) is 0 Å². The third-order valence-electron chi connectivity index (χ3n) is 3.37. The molecule has 114 valence electrons. The fourth-order valence-corrected chi connectivity index (χ4v) is 2.11. The fourth-order valence-electron chi connectivity index (χ4n) is 2.11. The summed E-state index contributed by atoms with van der Waals surface area (Å²) in [5.41, 5.74) is 9.09. The van der Waals surface area contributed by atoms with Gasteiger partial charge in [0.15, 0.2) is 0 Å². The number of hydrogen-bond acceptors (Lipinski definition) is 3. The number of rotatable bonds is 5. The molecule has 2 aromatic rings. The van der Waals surface area contributed by atoms with Gasteiger partial charge >= 0.3 is 0 Å². The first kappa shape index (κ1) is 15.6. The third-order valence-corrected chi connectivity index (χ3v) is 3.37. The van der Waals surface area contributed by atoms with E-state index in [1.165, 1.54) is 0 Å². The van der Waals surface area contributed by atoms with Gasteiger partial charge in [-0.3, -0.25) is 9.59 Å². The van der Waals surface area contributed by atoms with E-state index in [1.807, 2.05) is 31.2 Å². The average Bonchev–Trinajstić information content (AvgIpc) is 2.48. The lowest BCUT2D eigenvalue weighted by Gasteiger charge is -2.12. The number of carbonyl (C=O) groups excluding carboxylic acids is 2. The van der Waals surface area contributed by atoms with Gasteiger partial charge in [0.05, 0.1) is 6.54 Å². The van der Waals surface area contributed by atoms with Crippen molar-refractivity contribution in [1.29, 1.82) is 0 Å². The fraction of sp³-hybridized carbons (Fsp3) is 0.176. The lowest BCUT2D eigenvalue weighted by atomic mass is 10.1. The Morgan fingerprint density at radius 2 is 1.73 bits per heavy atom. The van der Waals surface area contributed by atoms with Crippen molar-refractivity contribution in [3.63, 3.8) is 0 Å². The summed E-state index contributed by atoms with van der Waals surface area (Å²) in [5, 5.41) is 5.82. The van der Waals surface area contributed by atoms with Gasteiger partial charge in [-0.15, -0.1) is 0 Å². The summed E-state index contributed by atoms with van der Waals surface area (Å²) in [5.74, 6) is -0.641. The van der Waals surface area contributed by atoms with Crippen LogP contribution in [0.3, 0.4) is 0 Å². The Kier molecular flexibility index (Phi) is 4.78. The van der Waals surface area contributed by atoms with E-state index in [1.54, 1.807) is 25.1 Å². The molecule has 0 radical (unpaired) electrons. The van der Waals surface area contributed by atoms with Crippen LogP contribution in [0.5, 0.6) is 0 Å². The molecule has 0 aliphatic carbocycles. The molecule has 4 N–H and O–H groups in total. The molecule has 0 saturated carbocycles. The number of hydrogen-bond donors (Lipinski definition) is 3. The van der Waals surface area contributed by atoms with Crippen molar-refractivity contribution in [2.24, 2.45) is 5.73 Å². The van der Waals surface area contributed by atoms with Gasteiger partial charge in [-0.2, -0.15) is 0 Å². The van der Waals surface area contributed by atoms with E-state index in [-0.39, 0.29) is 12.5 Å². The second kappa shape index (κ2) is 6.76. The quantitative estimate of drug-likeness (QED) is 0.792. The Bertz CT molecular complexity index is 694. The molecule has 0 bridgehead atoms. The molecule has 0 saturated heterocycles. The molecular weight excluding hydrogens is 278 g/mol. The summed E-state index contributed by atoms with van der Waals surface area (Å²) in [6, 6.07) is 12.8. The molecule has 2 rings (SSSR count). The smallest absolute Gasteiger partial charge is 0.249 e. The first-order valence-corrected chi connectivity index (χ1v) is 6.97. The molecule has 0 fully saturated rings. The number of aryl methyl sites for hydroxylation is 1. The molecule has 0 unspecified atom stereocenters. The summed E-state index contributed by atoms with van der Waals surface area (Å²) >= 11 is 0. The van der Waals surface area contributed by atoms with Crippen LogP contribution in [0.15, 0.2) is 42.5 Å². The van der Waals surface area contributed by atoms with E-state index in [0.717, 1.165) is 22.5 Å². The lowest BCUT2D eigenvalue weighted by Crippen LogP contribution is -2.22. The normalized spacial score (nSPS) is 10.1. The summed E-state index contributed by atoms with van der Waals surface area (Å²) in [7, 11) is 0. The molecule has 0 atom stereocenters. The number of amides is 2. The van der Waals surface area contributed by atoms with E-state index >= 15 is 0 Å². The van der Waals surface area contributed by atoms with Crippen LogP contribution < -0.4 is 16.4 Å². The first-order valence-electron chi connectivity index (χ1n) is 6.97. The van der Waals surface area contributed by atoms with E-state index in [2.05, 4.69) is 10.6 Å². The number of primary amides is 1. The van der Waals surface area contributed by atoms with Crippen LogP contribution in [0.25, 0.3) is 0 Å². The summed E-state index contributed by atoms with van der Waals surface area (Å²) in [6.45, 7) is 3.89. The molecule has 0 spiro atoms. The first-order chi connectivity index (χ1) is 10.5. The largest absolute Gasteiger partial charge is 0.376 e. The van der Waals surface area contributed by atoms with Crippen molar-refractivity contribution in [2.75, 3.05) is 17.2 Å². The van der Waals surface area contributed by atoms with Crippen LogP contribution in [0, 0.1) is 13.8 Å². The summed E-state index contributed by atoms with van der Waals surface area (Å²) in [6.07, 6.45) is 0. The maximum Gasteiger partial charge on any atom is 0.249 e. The molecule has 0 heterocycles. The van der Waals surface area contributed by atoms with Crippen molar-refractivity contribution in [2.45, 2.75) is 13.8 Å². The van der Waals surface area contributed by atoms with E-state index in [9.17, 15) is 9.59 Å². The Morgan fingerprint density at radius 1 is 1.05 bits per heavy atom. The summed E-state index contributed by atoms with van der Waals surface area (Å²) in [4.78, 5) is 23.2. The van der Waals surface area contributed by atoms with Gasteiger partial charge in [0.25, 0.3) is 0 Å². The van der Waals surface area contributed by atoms with Gasteiger partial charge in [0.2, 0.25) is 11.8 Å². The van der Waals surface area contributed by atoms with Crippen LogP contribution in [-0.2, 0) is 4.79 Å². The molecule has 5 nitrogen and oxygen atoms in total. The zero-order valence-corrected chi connectivity index (χ0v) is 12.6. The highest BCUT2D eigenvalue weighted by atomic mass is 16.2. The van der Waals surface area contributed by atoms with Crippen LogP contribution in [0.4, 0.5) is 11.4 Å². The predicted molar refractivity (Wildman–Crippen MR) is 88.0 cm³/mol. The Morgan fingerprint density at radius 3 is 2.36 bits per heavy atom. The van der Waals surface area contributed by atoms with Gasteiger partial charge in [0, 0.05) is 16.9 Å². The van der Waals surface area contributed by atoms with Crippen LogP contribution in [0.1, 0.15) is 21.5 Å². The minimum Gasteiger partial charge on any atom is -0.376 e. The van der Waals surface area contributed by atoms with Crippen molar-refractivity contribution in [1.82, 2.24) is 0 Å². The number of nitrogens with two attached hydrogens (primary N) is 1. The lowest BCUT2D eigenvalue weighted by molar-refractivity contribution is -0.114. The number of nitrogens with one attached hydrogen (secondary N) is 2. The molecule has 22 heavy (non-hydrogen) atoms. The van der Waals surface area contributed by atoms with Gasteiger partial charge in [0.1, 0.15) is 0 Å². The summed E-state index contributed by atoms with van der Waals surface area (Å²) < 4.78 is 0. The van der Waals surface area contributed by atoms with E-state index in [4.69, 9.17) is 5.73 Å². The zero-order chi connectivity index (χ0) is 16.1. The van der Waals surface area contributed by atoms with Gasteiger partial charge in [-0.1, -0.05) is 23.8 Å². The van der Waals surface area contributed by atoms with Gasteiger partial charge < -0.3 is 16.4 Å². The Hall–Kier alpha value is -2.82. The maximum atomic E-state index is 11.9. The van der Waals surface area contributed by atoms with Gasteiger partial charge in [-0.05, 0) is 43.7 Å².